The van der Waals surface area contributed by atoms with Crippen LogP contribution in [-0.2, 0) is 15.5 Å². The van der Waals surface area contributed by atoms with Crippen molar-refractivity contribution in [1.29, 1.82) is 0 Å². The predicted molar refractivity (Wildman–Crippen MR) is 196 cm³/mol. The molecule has 16 heteroatoms. The average molecular weight is 470 g/mol. The fourth-order valence-electron chi connectivity index (χ4n) is 5.89. The van der Waals surface area contributed by atoms with Gasteiger partial charge in [0.1, 0.15) is 13.4 Å². The van der Waals surface area contributed by atoms with Gasteiger partial charge in [0.05, 0.1) is 99.8 Å². The molecule has 0 aliphatic carbocycles. The van der Waals surface area contributed by atoms with Crippen LogP contribution in [0.3, 0.4) is 0 Å². The van der Waals surface area contributed by atoms with Crippen LogP contribution in [0.25, 0.3) is 33.3 Å². The Hall–Kier alpha value is -1.84. The molecule has 0 aliphatic heterocycles. The summed E-state index contributed by atoms with van der Waals surface area (Å²) in [5, 5.41) is 2.17. The number of hydrogen-bond donors (Lipinski definition) is 0. The van der Waals surface area contributed by atoms with Gasteiger partial charge in [-0.3, -0.25) is 4.98 Å². The summed E-state index contributed by atoms with van der Waals surface area (Å²) in [5.41, 5.74) is 7.13. The lowest BCUT2D eigenvalue weighted by Gasteiger charge is -2.54. The summed E-state index contributed by atoms with van der Waals surface area (Å²) in [6.07, 6.45) is 1.96. The zero-order chi connectivity index (χ0) is 27.8. The lowest BCUT2D eigenvalue weighted by molar-refractivity contribution is 0.616. The molecular formula is C21H33B13N2O. The standard InChI is InChI=1S/C21H33B13N2O/c22-17(20(29,30)31,21(32,33)34)8-5-6-35-12(7-8)9-1-3-11(18(23,24)25)14-10-2-4-13(19(26,27)28)36-16(10)37-15(9)14/h1-7H,22-34H2. The highest BCUT2D eigenvalue weighted by molar-refractivity contribution is 6.69. The van der Waals surface area contributed by atoms with Crippen LogP contribution in [0.4, 0.5) is 0 Å². The van der Waals surface area contributed by atoms with E-state index >= 15 is 0 Å². The van der Waals surface area contributed by atoms with Gasteiger partial charge in [-0.15, -0.1) is 10.2 Å². The summed E-state index contributed by atoms with van der Waals surface area (Å²) in [7, 11) is 29.8. The van der Waals surface area contributed by atoms with Crippen LogP contribution in [-0.4, -0.2) is 112 Å². The fourth-order valence-corrected chi connectivity index (χ4v) is 5.89. The first-order valence-corrected chi connectivity index (χ1v) is 13.6. The normalized spacial score (nSPS) is 13.7. The number of furan rings is 1. The second-order valence-electron chi connectivity index (χ2n) is 15.1. The van der Waals surface area contributed by atoms with Crippen molar-refractivity contribution in [3.63, 3.8) is 0 Å². The van der Waals surface area contributed by atoms with E-state index in [1.165, 1.54) is 11.1 Å². The smallest absolute Gasteiger partial charge is 0.227 e. The summed E-state index contributed by atoms with van der Waals surface area (Å²) in [6, 6.07) is 13.2. The number of fused-ring (bicyclic) bond motifs is 3. The average Bonchev–Trinajstić information content (AvgIpc) is 3.13. The topological polar surface area (TPSA) is 38.9 Å². The molecule has 1 aromatic carbocycles. The molecule has 4 aromatic rings. The maximum Gasteiger partial charge on any atom is 0.227 e. The van der Waals surface area contributed by atoms with Crippen molar-refractivity contribution in [2.24, 2.45) is 0 Å². The summed E-state index contributed by atoms with van der Waals surface area (Å²) >= 11 is 0. The Labute approximate surface area is 234 Å². The number of hydrogen-bond acceptors (Lipinski definition) is 3. The minimum absolute atomic E-state index is 0.0391. The van der Waals surface area contributed by atoms with Crippen LogP contribution in [0.15, 0.2) is 47.0 Å². The molecule has 0 bridgehead atoms. The maximum atomic E-state index is 6.62. The van der Waals surface area contributed by atoms with Gasteiger partial charge in [-0.1, -0.05) is 27.2 Å². The first-order chi connectivity index (χ1) is 16.8. The molecule has 0 saturated heterocycles. The van der Waals surface area contributed by atoms with E-state index in [0.717, 1.165) is 33.3 Å². The van der Waals surface area contributed by atoms with Gasteiger partial charge in [0, 0.05) is 28.2 Å². The van der Waals surface area contributed by atoms with Gasteiger partial charge in [0.2, 0.25) is 5.71 Å². The number of rotatable bonds is 6. The van der Waals surface area contributed by atoms with E-state index in [-0.39, 0.29) is 25.8 Å². The lowest BCUT2D eigenvalue weighted by Crippen LogP contribution is -2.53. The van der Waals surface area contributed by atoms with E-state index in [9.17, 15) is 0 Å². The molecule has 3 aromatic heterocycles. The molecule has 37 heavy (non-hydrogen) atoms. The molecule has 0 saturated carbocycles. The zero-order valence-electron chi connectivity index (χ0n) is 25.3. The Morgan fingerprint density at radius 2 is 1.30 bits per heavy atom. The van der Waals surface area contributed by atoms with Crippen LogP contribution in [0, 0.1) is 0 Å². The summed E-state index contributed by atoms with van der Waals surface area (Å²) in [5.74, 6) is 0. The molecule has 0 aliphatic rings. The molecule has 3 heterocycles. The zero-order valence-corrected chi connectivity index (χ0v) is 25.3. The SMILES string of the molecule is BC(B)(B)c1ccc2c(n1)oc1c(-c3cc(C(B)(C(B)(B)B)C(B)(B)B)ccn3)ccc(C(B)(B)B)c12. The van der Waals surface area contributed by atoms with E-state index in [1.54, 1.807) is 0 Å². The Bertz CT molecular complexity index is 1480. The van der Waals surface area contributed by atoms with Gasteiger partial charge in [0.15, 0.2) is 0 Å². The monoisotopic (exact) mass is 472 g/mol. The van der Waals surface area contributed by atoms with Gasteiger partial charge < -0.3 is 4.42 Å². The minimum atomic E-state index is -0.0702. The van der Waals surface area contributed by atoms with Gasteiger partial charge in [-0.05, 0) is 35.9 Å². The molecule has 3 nitrogen and oxygen atoms in total. The van der Waals surface area contributed by atoms with Crippen molar-refractivity contribution in [2.45, 2.75) is 25.8 Å². The molecule has 172 valence electrons. The van der Waals surface area contributed by atoms with E-state index in [2.05, 4.69) is 138 Å². The Morgan fingerprint density at radius 3 is 1.84 bits per heavy atom. The third-order valence-electron chi connectivity index (χ3n) is 8.68. The summed E-state index contributed by atoms with van der Waals surface area (Å²) < 4.78 is 6.62. The Morgan fingerprint density at radius 1 is 0.676 bits per heavy atom. The molecule has 0 N–H and O–H groups in total. The molecule has 0 unspecified atom stereocenters. The van der Waals surface area contributed by atoms with E-state index < -0.39 is 0 Å². The lowest BCUT2D eigenvalue weighted by atomic mass is 9.14. The van der Waals surface area contributed by atoms with Crippen molar-refractivity contribution in [3.8, 4) is 11.3 Å². The molecule has 0 atom stereocenters. The predicted octanol–water partition coefficient (Wildman–Crippen LogP) is -8.16. The van der Waals surface area contributed by atoms with Gasteiger partial charge in [-0.25, -0.2) is 4.98 Å². The van der Waals surface area contributed by atoms with Gasteiger partial charge in [-0.2, -0.15) is 0 Å². The van der Waals surface area contributed by atoms with Crippen LogP contribution in [0.1, 0.15) is 16.8 Å². The van der Waals surface area contributed by atoms with Crippen LogP contribution < -0.4 is 0 Å². The summed E-state index contributed by atoms with van der Waals surface area (Å²) in [4.78, 5) is 9.85. The molecule has 0 radical (unpaired) electrons. The van der Waals surface area contributed by atoms with E-state index in [0.29, 0.717) is 5.71 Å². The van der Waals surface area contributed by atoms with Crippen molar-refractivity contribution < 1.29 is 4.42 Å². The van der Waals surface area contributed by atoms with Crippen molar-refractivity contribution >= 4 is 124 Å². The Balaban J connectivity index is 2.04. The number of pyridine rings is 2. The highest BCUT2D eigenvalue weighted by atomic mass is 16.3. The molecular weight excluding hydrogens is 437 g/mol. The quantitative estimate of drug-likeness (QED) is 0.263. The third-order valence-corrected chi connectivity index (χ3v) is 8.68. The second kappa shape index (κ2) is 8.85. The van der Waals surface area contributed by atoms with Gasteiger partial charge >= 0.3 is 0 Å². The molecule has 0 spiro atoms. The van der Waals surface area contributed by atoms with E-state index in [1.807, 2.05) is 6.20 Å². The first-order valence-electron chi connectivity index (χ1n) is 13.6. The van der Waals surface area contributed by atoms with Crippen LogP contribution in [0.2, 0.25) is 10.2 Å². The van der Waals surface area contributed by atoms with Crippen molar-refractivity contribution in [1.82, 2.24) is 9.97 Å². The molecule has 4 rings (SSSR count). The van der Waals surface area contributed by atoms with Crippen LogP contribution in [0.5, 0.6) is 0 Å². The third kappa shape index (κ3) is 4.76. The summed E-state index contributed by atoms with van der Waals surface area (Å²) in [6.45, 7) is 0. The van der Waals surface area contributed by atoms with Gasteiger partial charge in [0.25, 0.3) is 0 Å². The van der Waals surface area contributed by atoms with Crippen molar-refractivity contribution in [2.75, 3.05) is 0 Å². The fraction of sp³-hybridized carbons (Fsp3) is 0.238. The number of benzene rings is 1. The molecule has 0 fully saturated rings. The van der Waals surface area contributed by atoms with Crippen LogP contribution >= 0.6 is 0 Å². The number of nitrogens with zero attached hydrogens (tertiary/aromatic N) is 2. The van der Waals surface area contributed by atoms with Crippen molar-refractivity contribution in [3.05, 3.63) is 59.4 Å². The van der Waals surface area contributed by atoms with E-state index in [4.69, 9.17) is 14.4 Å². The first kappa shape index (κ1) is 28.2. The highest BCUT2D eigenvalue weighted by Crippen LogP contribution is 2.50. The Kier molecular flexibility index (Phi) is 6.74. The second-order valence-corrected chi connectivity index (χ2v) is 15.1. The minimum Gasteiger partial charge on any atom is -0.437 e. The maximum absolute atomic E-state index is 6.62. The molecule has 0 amide bonds. The number of aromatic nitrogens is 2. The largest absolute Gasteiger partial charge is 0.437 e. The highest BCUT2D eigenvalue weighted by Gasteiger charge is 2.46.